The van der Waals surface area contributed by atoms with Crippen LogP contribution in [0.25, 0.3) is 6.08 Å². The third-order valence-electron chi connectivity index (χ3n) is 3.78. The molecule has 0 aliphatic heterocycles. The molecule has 0 unspecified atom stereocenters. The van der Waals surface area contributed by atoms with E-state index >= 15 is 0 Å². The fraction of sp³-hybridized carbons (Fsp3) is 0.0476. The predicted molar refractivity (Wildman–Crippen MR) is 109 cm³/mol. The van der Waals surface area contributed by atoms with E-state index in [1.54, 1.807) is 24.3 Å². The molecular formula is C21H16Cl2N2O3. The van der Waals surface area contributed by atoms with Gasteiger partial charge in [-0.15, -0.1) is 0 Å². The molecule has 0 atom stereocenters. The van der Waals surface area contributed by atoms with Crippen LogP contribution in [0.4, 0.5) is 0 Å². The summed E-state index contributed by atoms with van der Waals surface area (Å²) in [5.41, 5.74) is 1.05. The summed E-state index contributed by atoms with van der Waals surface area (Å²) in [7, 11) is 0. The van der Waals surface area contributed by atoms with Gasteiger partial charge in [-0.05, 0) is 42.0 Å². The molecule has 0 spiro atoms. The van der Waals surface area contributed by atoms with Crippen molar-refractivity contribution in [3.63, 3.8) is 0 Å². The van der Waals surface area contributed by atoms with Crippen molar-refractivity contribution in [3.05, 3.63) is 99.6 Å². The number of carbonyl (C=O) groups excluding carboxylic acids is 2. The lowest BCUT2D eigenvalue weighted by molar-refractivity contribution is -0.118. The standard InChI is InChI=1S/C21H16Cl2N2O3/c22-15-8-9-17(18(23)12-15)20(26)25-19(11-14-5-2-1-3-6-14)21(27)24-13-16-7-4-10-28-16/h1-12H,13H2,(H,24,27)(H,25,26)/b19-11-. The molecule has 0 bridgehead atoms. The summed E-state index contributed by atoms with van der Waals surface area (Å²) in [6, 6.07) is 17.2. The van der Waals surface area contributed by atoms with Gasteiger partial charge in [0.05, 0.1) is 23.4 Å². The second kappa shape index (κ2) is 9.26. The van der Waals surface area contributed by atoms with Crippen LogP contribution in [0.2, 0.25) is 10.0 Å². The van der Waals surface area contributed by atoms with Crippen molar-refractivity contribution in [1.82, 2.24) is 10.6 Å². The van der Waals surface area contributed by atoms with Crippen LogP contribution in [0.3, 0.4) is 0 Å². The summed E-state index contributed by atoms with van der Waals surface area (Å²) in [4.78, 5) is 25.3. The van der Waals surface area contributed by atoms with Crippen LogP contribution < -0.4 is 10.6 Å². The van der Waals surface area contributed by atoms with Crippen molar-refractivity contribution in [2.45, 2.75) is 6.54 Å². The lowest BCUT2D eigenvalue weighted by Crippen LogP contribution is -2.34. The fourth-order valence-corrected chi connectivity index (χ4v) is 2.91. The number of carbonyl (C=O) groups is 2. The number of rotatable bonds is 6. The molecule has 28 heavy (non-hydrogen) atoms. The van der Waals surface area contributed by atoms with E-state index in [0.717, 1.165) is 5.56 Å². The first-order chi connectivity index (χ1) is 13.5. The van der Waals surface area contributed by atoms with E-state index in [9.17, 15) is 9.59 Å². The van der Waals surface area contributed by atoms with Crippen molar-refractivity contribution in [1.29, 1.82) is 0 Å². The van der Waals surface area contributed by atoms with Crippen LogP contribution in [0.5, 0.6) is 0 Å². The Bertz CT molecular complexity index is 1000. The van der Waals surface area contributed by atoms with E-state index in [1.165, 1.54) is 18.4 Å². The summed E-state index contributed by atoms with van der Waals surface area (Å²) in [6.07, 6.45) is 3.10. The summed E-state index contributed by atoms with van der Waals surface area (Å²) in [5, 5.41) is 5.95. The van der Waals surface area contributed by atoms with E-state index in [1.807, 2.05) is 30.3 Å². The topological polar surface area (TPSA) is 71.3 Å². The quantitative estimate of drug-likeness (QED) is 0.575. The van der Waals surface area contributed by atoms with Gasteiger partial charge in [0.25, 0.3) is 11.8 Å². The molecular weight excluding hydrogens is 399 g/mol. The molecule has 3 aromatic rings. The van der Waals surface area contributed by atoms with Gasteiger partial charge in [0.1, 0.15) is 11.5 Å². The van der Waals surface area contributed by atoms with Crippen molar-refractivity contribution in [2.24, 2.45) is 0 Å². The molecule has 1 heterocycles. The predicted octanol–water partition coefficient (Wildman–Crippen LogP) is 4.67. The highest BCUT2D eigenvalue weighted by atomic mass is 35.5. The van der Waals surface area contributed by atoms with E-state index < -0.39 is 11.8 Å². The lowest BCUT2D eigenvalue weighted by Gasteiger charge is -2.11. The molecule has 0 aliphatic rings. The zero-order chi connectivity index (χ0) is 19.9. The highest BCUT2D eigenvalue weighted by Gasteiger charge is 2.17. The van der Waals surface area contributed by atoms with Gasteiger partial charge in [0.15, 0.2) is 0 Å². The molecule has 2 N–H and O–H groups in total. The average Bonchev–Trinajstić information content (AvgIpc) is 3.20. The number of halogens is 2. The zero-order valence-electron chi connectivity index (χ0n) is 14.6. The van der Waals surface area contributed by atoms with Gasteiger partial charge in [-0.3, -0.25) is 9.59 Å². The zero-order valence-corrected chi connectivity index (χ0v) is 16.1. The Kier molecular flexibility index (Phi) is 6.53. The van der Waals surface area contributed by atoms with Crippen LogP contribution in [0.15, 0.2) is 77.0 Å². The Labute approximate surface area is 172 Å². The summed E-state index contributed by atoms with van der Waals surface area (Å²) in [5.74, 6) is -0.379. The van der Waals surface area contributed by atoms with Gasteiger partial charge in [-0.2, -0.15) is 0 Å². The second-order valence-corrected chi connectivity index (χ2v) is 6.65. The summed E-state index contributed by atoms with van der Waals surface area (Å²) >= 11 is 12.0. The SMILES string of the molecule is O=C(NCc1ccco1)/C(=C/c1ccccc1)NC(=O)c1ccc(Cl)cc1Cl. The lowest BCUT2D eigenvalue weighted by atomic mass is 10.1. The largest absolute Gasteiger partial charge is 0.467 e. The van der Waals surface area contributed by atoms with Crippen molar-refractivity contribution >= 4 is 41.1 Å². The third-order valence-corrected chi connectivity index (χ3v) is 4.33. The van der Waals surface area contributed by atoms with Gasteiger partial charge >= 0.3 is 0 Å². The highest BCUT2D eigenvalue weighted by Crippen LogP contribution is 2.21. The van der Waals surface area contributed by atoms with Gasteiger partial charge < -0.3 is 15.1 Å². The Morgan fingerprint density at radius 1 is 1.00 bits per heavy atom. The second-order valence-electron chi connectivity index (χ2n) is 5.81. The minimum atomic E-state index is -0.517. The molecule has 2 aromatic carbocycles. The molecule has 7 heteroatoms. The van der Waals surface area contributed by atoms with Gasteiger partial charge in [-0.25, -0.2) is 0 Å². The molecule has 3 rings (SSSR count). The molecule has 0 radical (unpaired) electrons. The first-order valence-corrected chi connectivity index (χ1v) is 9.12. The minimum Gasteiger partial charge on any atom is -0.467 e. The number of hydrogen-bond acceptors (Lipinski definition) is 3. The van der Waals surface area contributed by atoms with Crippen LogP contribution in [0.1, 0.15) is 21.7 Å². The maximum Gasteiger partial charge on any atom is 0.268 e. The van der Waals surface area contributed by atoms with Crippen LogP contribution in [0, 0.1) is 0 Å². The summed E-state index contributed by atoms with van der Waals surface area (Å²) in [6.45, 7) is 0.190. The van der Waals surface area contributed by atoms with Crippen LogP contribution in [-0.2, 0) is 11.3 Å². The van der Waals surface area contributed by atoms with Gasteiger partial charge in [0, 0.05) is 5.02 Å². The smallest absolute Gasteiger partial charge is 0.268 e. The third kappa shape index (κ3) is 5.25. The maximum atomic E-state index is 12.7. The number of nitrogens with one attached hydrogen (secondary N) is 2. The molecule has 5 nitrogen and oxygen atoms in total. The number of hydrogen-bond donors (Lipinski definition) is 2. The van der Waals surface area contributed by atoms with Crippen LogP contribution >= 0.6 is 23.2 Å². The normalized spacial score (nSPS) is 11.1. The number of furan rings is 1. The van der Waals surface area contributed by atoms with Gasteiger partial charge in [0.2, 0.25) is 0 Å². The first kappa shape index (κ1) is 19.7. The highest BCUT2D eigenvalue weighted by molar-refractivity contribution is 6.36. The molecule has 0 saturated heterocycles. The monoisotopic (exact) mass is 414 g/mol. The molecule has 0 aliphatic carbocycles. The van der Waals surface area contributed by atoms with E-state index in [2.05, 4.69) is 10.6 Å². The number of amides is 2. The van der Waals surface area contributed by atoms with Crippen molar-refractivity contribution < 1.29 is 14.0 Å². The van der Waals surface area contributed by atoms with E-state index in [0.29, 0.717) is 10.8 Å². The Balaban J connectivity index is 1.82. The van der Waals surface area contributed by atoms with E-state index in [-0.39, 0.29) is 22.8 Å². The van der Waals surface area contributed by atoms with Gasteiger partial charge in [-0.1, -0.05) is 53.5 Å². The Morgan fingerprint density at radius 2 is 1.79 bits per heavy atom. The van der Waals surface area contributed by atoms with E-state index in [4.69, 9.17) is 27.6 Å². The molecule has 1 aromatic heterocycles. The van der Waals surface area contributed by atoms with Crippen molar-refractivity contribution in [2.75, 3.05) is 0 Å². The number of benzene rings is 2. The van der Waals surface area contributed by atoms with Crippen molar-refractivity contribution in [3.8, 4) is 0 Å². The van der Waals surface area contributed by atoms with Crippen LogP contribution in [-0.4, -0.2) is 11.8 Å². The minimum absolute atomic E-state index is 0.0776. The average molecular weight is 415 g/mol. The maximum absolute atomic E-state index is 12.7. The molecule has 2 amide bonds. The molecule has 0 saturated carbocycles. The first-order valence-electron chi connectivity index (χ1n) is 8.36. The fourth-order valence-electron chi connectivity index (χ4n) is 2.41. The Hall–Kier alpha value is -3.02. The molecule has 0 fully saturated rings. The molecule has 142 valence electrons. The summed E-state index contributed by atoms with van der Waals surface area (Å²) < 4.78 is 5.21. The Morgan fingerprint density at radius 3 is 2.46 bits per heavy atom.